The number of rotatable bonds is 8. The molecule has 1 heterocycles. The molecule has 0 unspecified atom stereocenters. The van der Waals surface area contributed by atoms with Crippen molar-refractivity contribution in [3.63, 3.8) is 0 Å². The van der Waals surface area contributed by atoms with Crippen LogP contribution in [-0.4, -0.2) is 45.2 Å². The molecule has 0 amide bonds. The van der Waals surface area contributed by atoms with Gasteiger partial charge in [0.25, 0.3) is 0 Å². The van der Waals surface area contributed by atoms with Crippen LogP contribution in [0.2, 0.25) is 0 Å². The smallest absolute Gasteiger partial charge is 0.313 e. The van der Waals surface area contributed by atoms with Crippen LogP contribution in [0.3, 0.4) is 0 Å². The number of thioether (sulfide) groups is 1. The summed E-state index contributed by atoms with van der Waals surface area (Å²) in [5.41, 5.74) is 0. The highest BCUT2D eigenvalue weighted by Crippen LogP contribution is 2.31. The molecule has 19 heavy (non-hydrogen) atoms. The van der Waals surface area contributed by atoms with E-state index in [0.717, 1.165) is 31.4 Å². The molecule has 0 spiro atoms. The molecule has 1 saturated carbocycles. The van der Waals surface area contributed by atoms with Crippen molar-refractivity contribution in [1.82, 2.24) is 14.8 Å². The number of anilines is 1. The fraction of sp³-hybridized carbons (Fsp3) is 0.750. The van der Waals surface area contributed by atoms with E-state index < -0.39 is 5.97 Å². The molecule has 0 aliphatic heterocycles. The molecular weight excluding hydrogens is 264 g/mol. The van der Waals surface area contributed by atoms with Crippen molar-refractivity contribution < 1.29 is 9.90 Å². The molecule has 0 saturated heterocycles. The van der Waals surface area contributed by atoms with Gasteiger partial charge in [-0.1, -0.05) is 18.7 Å². The third-order valence-corrected chi connectivity index (χ3v) is 3.99. The summed E-state index contributed by atoms with van der Waals surface area (Å²) in [6, 6.07) is 0. The second-order valence-corrected chi connectivity index (χ2v) is 5.88. The second kappa shape index (κ2) is 6.27. The average molecular weight is 284 g/mol. The van der Waals surface area contributed by atoms with Gasteiger partial charge in [-0.15, -0.1) is 10.2 Å². The van der Waals surface area contributed by atoms with Gasteiger partial charge in [-0.3, -0.25) is 9.36 Å². The number of carboxylic acid groups (broad SMARTS) is 1. The number of carboxylic acids is 1. The van der Waals surface area contributed by atoms with Crippen molar-refractivity contribution in [1.29, 1.82) is 0 Å². The van der Waals surface area contributed by atoms with Crippen LogP contribution in [0, 0.1) is 5.92 Å². The Balaban J connectivity index is 2.09. The van der Waals surface area contributed by atoms with E-state index in [9.17, 15) is 4.79 Å². The fourth-order valence-corrected chi connectivity index (χ4v) is 2.67. The molecule has 1 fully saturated rings. The fourth-order valence-electron chi connectivity index (χ4n) is 1.99. The van der Waals surface area contributed by atoms with Crippen LogP contribution >= 0.6 is 11.8 Å². The Morgan fingerprint density at radius 2 is 2.26 bits per heavy atom. The molecule has 0 radical (unpaired) electrons. The first kappa shape index (κ1) is 14.2. The van der Waals surface area contributed by atoms with Crippen molar-refractivity contribution in [3.05, 3.63) is 0 Å². The van der Waals surface area contributed by atoms with E-state index in [1.807, 2.05) is 11.6 Å². The standard InChI is InChI=1S/C12H20N4O2S/c1-3-6-16-11(15(2)7-9-4-5-9)13-14-12(16)19-8-10(17)18/h9H,3-8H2,1-2H3,(H,17,18). The van der Waals surface area contributed by atoms with Crippen LogP contribution in [0.15, 0.2) is 5.16 Å². The highest BCUT2D eigenvalue weighted by Gasteiger charge is 2.25. The molecule has 1 N–H and O–H groups in total. The predicted molar refractivity (Wildman–Crippen MR) is 74.7 cm³/mol. The summed E-state index contributed by atoms with van der Waals surface area (Å²) in [5, 5.41) is 17.8. The van der Waals surface area contributed by atoms with Gasteiger partial charge in [0, 0.05) is 20.1 Å². The van der Waals surface area contributed by atoms with Gasteiger partial charge in [0.05, 0.1) is 5.75 Å². The van der Waals surface area contributed by atoms with E-state index >= 15 is 0 Å². The molecule has 7 heteroatoms. The van der Waals surface area contributed by atoms with Gasteiger partial charge in [-0.05, 0) is 25.2 Å². The number of hydrogen-bond acceptors (Lipinski definition) is 5. The molecule has 0 atom stereocenters. The van der Waals surface area contributed by atoms with E-state index in [1.54, 1.807) is 0 Å². The number of aliphatic carboxylic acids is 1. The van der Waals surface area contributed by atoms with Crippen LogP contribution in [0.5, 0.6) is 0 Å². The van der Waals surface area contributed by atoms with E-state index in [2.05, 4.69) is 22.0 Å². The van der Waals surface area contributed by atoms with E-state index in [1.165, 1.54) is 24.6 Å². The third kappa shape index (κ3) is 3.86. The molecule has 1 aromatic heterocycles. The Kier molecular flexibility index (Phi) is 4.68. The summed E-state index contributed by atoms with van der Waals surface area (Å²) in [5.74, 6) is 0.825. The lowest BCUT2D eigenvalue weighted by molar-refractivity contribution is -0.133. The van der Waals surface area contributed by atoms with Crippen molar-refractivity contribution in [2.75, 3.05) is 24.2 Å². The Hall–Kier alpha value is -1.24. The maximum Gasteiger partial charge on any atom is 0.313 e. The molecule has 1 aromatic rings. The molecule has 0 aromatic carbocycles. The van der Waals surface area contributed by atoms with Gasteiger partial charge in [0.1, 0.15) is 0 Å². The Labute approximate surface area is 117 Å². The van der Waals surface area contributed by atoms with Crippen LogP contribution in [0.25, 0.3) is 0 Å². The number of carbonyl (C=O) groups is 1. The molecule has 6 nitrogen and oxygen atoms in total. The number of aromatic nitrogens is 3. The van der Waals surface area contributed by atoms with Crippen LogP contribution in [0.1, 0.15) is 26.2 Å². The van der Waals surface area contributed by atoms with E-state index in [4.69, 9.17) is 5.11 Å². The SMILES string of the molecule is CCCn1c(SCC(=O)O)nnc1N(C)CC1CC1. The predicted octanol–water partition coefficient (Wildman–Crippen LogP) is 1.71. The first-order valence-corrected chi connectivity index (χ1v) is 7.59. The summed E-state index contributed by atoms with van der Waals surface area (Å²) in [6.07, 6.45) is 3.57. The zero-order valence-electron chi connectivity index (χ0n) is 11.4. The van der Waals surface area contributed by atoms with Gasteiger partial charge in [0.2, 0.25) is 5.95 Å². The largest absolute Gasteiger partial charge is 0.481 e. The number of hydrogen-bond donors (Lipinski definition) is 1. The summed E-state index contributed by atoms with van der Waals surface area (Å²) in [4.78, 5) is 12.8. The van der Waals surface area contributed by atoms with E-state index in [0.29, 0.717) is 5.16 Å². The normalized spacial score (nSPS) is 14.6. The van der Waals surface area contributed by atoms with Gasteiger partial charge < -0.3 is 10.0 Å². The zero-order valence-corrected chi connectivity index (χ0v) is 12.2. The molecule has 0 bridgehead atoms. The third-order valence-electron chi connectivity index (χ3n) is 3.04. The van der Waals surface area contributed by atoms with Crippen molar-refractivity contribution in [2.45, 2.75) is 37.9 Å². The minimum absolute atomic E-state index is 0.0220. The monoisotopic (exact) mass is 284 g/mol. The minimum atomic E-state index is -0.830. The van der Waals surface area contributed by atoms with Crippen LogP contribution in [-0.2, 0) is 11.3 Å². The van der Waals surface area contributed by atoms with Gasteiger partial charge >= 0.3 is 5.97 Å². The van der Waals surface area contributed by atoms with E-state index in [-0.39, 0.29) is 5.75 Å². The summed E-state index contributed by atoms with van der Waals surface area (Å²) in [7, 11) is 2.03. The zero-order chi connectivity index (χ0) is 13.8. The maximum absolute atomic E-state index is 10.6. The van der Waals surface area contributed by atoms with Gasteiger partial charge in [-0.2, -0.15) is 0 Å². The van der Waals surface area contributed by atoms with Crippen molar-refractivity contribution in [3.8, 4) is 0 Å². The molecule has 1 aliphatic rings. The van der Waals surface area contributed by atoms with Crippen LogP contribution in [0.4, 0.5) is 5.95 Å². The Bertz CT molecular complexity index is 445. The first-order valence-electron chi connectivity index (χ1n) is 6.60. The topological polar surface area (TPSA) is 71.2 Å². The minimum Gasteiger partial charge on any atom is -0.481 e. The molecule has 1 aliphatic carbocycles. The second-order valence-electron chi connectivity index (χ2n) is 4.94. The quantitative estimate of drug-likeness (QED) is 0.733. The average Bonchev–Trinajstić information content (AvgIpc) is 3.07. The number of nitrogens with zero attached hydrogens (tertiary/aromatic N) is 4. The highest BCUT2D eigenvalue weighted by atomic mass is 32.2. The summed E-state index contributed by atoms with van der Waals surface area (Å²) in [6.45, 7) is 3.92. The molecule has 106 valence electrons. The summed E-state index contributed by atoms with van der Waals surface area (Å²) < 4.78 is 2.02. The van der Waals surface area contributed by atoms with Crippen molar-refractivity contribution >= 4 is 23.7 Å². The van der Waals surface area contributed by atoms with Gasteiger partial charge in [-0.25, -0.2) is 0 Å². The Morgan fingerprint density at radius 1 is 1.53 bits per heavy atom. The van der Waals surface area contributed by atoms with Crippen LogP contribution < -0.4 is 4.90 Å². The van der Waals surface area contributed by atoms with Gasteiger partial charge in [0.15, 0.2) is 5.16 Å². The first-order chi connectivity index (χ1) is 9.11. The summed E-state index contributed by atoms with van der Waals surface area (Å²) >= 11 is 1.23. The molecule has 2 rings (SSSR count). The van der Waals surface area contributed by atoms with Crippen molar-refractivity contribution in [2.24, 2.45) is 5.92 Å². The maximum atomic E-state index is 10.6. The lowest BCUT2D eigenvalue weighted by atomic mass is 10.4. The lowest BCUT2D eigenvalue weighted by Crippen LogP contribution is -2.24. The highest BCUT2D eigenvalue weighted by molar-refractivity contribution is 7.99. The molecular formula is C12H20N4O2S. The Morgan fingerprint density at radius 3 is 2.84 bits per heavy atom. The lowest BCUT2D eigenvalue weighted by Gasteiger charge is -2.19.